The molecule has 16 heavy (non-hydrogen) atoms. The first-order valence-corrected chi connectivity index (χ1v) is 8.98. The lowest BCUT2D eigenvalue weighted by Gasteiger charge is -2.04. The summed E-state index contributed by atoms with van der Waals surface area (Å²) in [7, 11) is 0. The predicted octanol–water partition coefficient (Wildman–Crippen LogP) is 5.43. The molecular weight excluding hydrogens is 232 g/mol. The Morgan fingerprint density at radius 2 is 1.69 bits per heavy atom. The average molecular weight is 262 g/mol. The normalized spacial score (nSPS) is 11.2. The van der Waals surface area contributed by atoms with Crippen molar-refractivity contribution in [1.82, 2.24) is 0 Å². The highest BCUT2D eigenvalue weighted by Gasteiger charge is 1.95. The van der Waals surface area contributed by atoms with E-state index in [0.717, 1.165) is 5.25 Å². The van der Waals surface area contributed by atoms with E-state index in [-0.39, 0.29) is 0 Å². The summed E-state index contributed by atoms with van der Waals surface area (Å²) >= 11 is 4.20. The monoisotopic (exact) mass is 261 g/mol. The largest absolute Gasteiger partial charge is 0.162 e. The Kier molecular flexibility index (Phi) is 14.4. The van der Waals surface area contributed by atoms with Crippen LogP contribution >= 0.6 is 23.5 Å². The van der Waals surface area contributed by atoms with Gasteiger partial charge in [0.25, 0.3) is 0 Å². The van der Waals surface area contributed by atoms with Crippen molar-refractivity contribution in [3.8, 4) is 0 Å². The number of unbranched alkanes of at least 4 members (excludes halogenated alkanes) is 5. The maximum atomic E-state index is 2.49. The molecule has 0 saturated heterocycles. The molecule has 0 amide bonds. The van der Waals surface area contributed by atoms with Crippen LogP contribution in [0.2, 0.25) is 0 Å². The van der Waals surface area contributed by atoms with E-state index in [9.17, 15) is 0 Å². The van der Waals surface area contributed by atoms with Gasteiger partial charge in [-0.25, -0.2) is 0 Å². The Bertz CT molecular complexity index is 124. The number of rotatable bonds is 12. The summed E-state index contributed by atoms with van der Waals surface area (Å²) in [6, 6.07) is 0. The molecule has 0 heterocycles. The molecule has 0 nitrogen and oxygen atoms in total. The van der Waals surface area contributed by atoms with E-state index in [1.54, 1.807) is 0 Å². The molecule has 0 aliphatic carbocycles. The molecule has 0 bridgehead atoms. The van der Waals surface area contributed by atoms with Crippen molar-refractivity contribution >= 4 is 23.5 Å². The predicted molar refractivity (Wildman–Crippen MR) is 82.6 cm³/mol. The first-order chi connectivity index (χ1) is 7.77. The van der Waals surface area contributed by atoms with Crippen molar-refractivity contribution in [3.63, 3.8) is 0 Å². The second-order valence-corrected chi connectivity index (χ2v) is 7.37. The smallest absolute Gasteiger partial charge is 0.000968 e. The molecule has 1 radical (unpaired) electrons. The van der Waals surface area contributed by atoms with Gasteiger partial charge in [-0.05, 0) is 54.6 Å². The Balaban J connectivity index is 2.88. The SMILES string of the molecule is CCCSCCC[CH]CCCCSC(C)C. The Labute approximate surface area is 112 Å². The molecule has 0 saturated carbocycles. The maximum Gasteiger partial charge on any atom is -0.000968 e. The molecule has 0 atom stereocenters. The first kappa shape index (κ1) is 16.7. The lowest BCUT2D eigenvalue weighted by molar-refractivity contribution is 0.743. The van der Waals surface area contributed by atoms with E-state index in [2.05, 4.69) is 50.7 Å². The summed E-state index contributed by atoms with van der Waals surface area (Å²) in [6.07, 6.45) is 10.6. The number of hydrogen-bond acceptors (Lipinski definition) is 2. The molecule has 0 spiro atoms. The van der Waals surface area contributed by atoms with Gasteiger partial charge >= 0.3 is 0 Å². The molecule has 0 aromatic heterocycles. The van der Waals surface area contributed by atoms with Gasteiger partial charge in [0.2, 0.25) is 0 Å². The Morgan fingerprint density at radius 3 is 2.38 bits per heavy atom. The highest BCUT2D eigenvalue weighted by Crippen LogP contribution is 2.14. The van der Waals surface area contributed by atoms with Crippen LogP contribution in [-0.2, 0) is 0 Å². The van der Waals surface area contributed by atoms with Crippen LogP contribution in [0.4, 0.5) is 0 Å². The molecule has 0 aliphatic heterocycles. The van der Waals surface area contributed by atoms with Crippen LogP contribution in [-0.4, -0.2) is 22.5 Å². The molecule has 0 aliphatic rings. The van der Waals surface area contributed by atoms with Gasteiger partial charge < -0.3 is 0 Å². The summed E-state index contributed by atoms with van der Waals surface area (Å²) in [5, 5.41) is 0.805. The summed E-state index contributed by atoms with van der Waals surface area (Å²) < 4.78 is 0. The molecule has 0 aromatic carbocycles. The summed E-state index contributed by atoms with van der Waals surface area (Å²) in [6.45, 7) is 6.82. The highest BCUT2D eigenvalue weighted by molar-refractivity contribution is 7.99. The second-order valence-electron chi connectivity index (χ2n) is 4.46. The van der Waals surface area contributed by atoms with Crippen LogP contribution in [0.1, 0.15) is 59.3 Å². The van der Waals surface area contributed by atoms with E-state index in [1.165, 1.54) is 55.8 Å². The van der Waals surface area contributed by atoms with E-state index in [4.69, 9.17) is 0 Å². The lowest BCUT2D eigenvalue weighted by Crippen LogP contribution is -1.90. The molecule has 0 unspecified atom stereocenters. The summed E-state index contributed by atoms with van der Waals surface area (Å²) in [5.41, 5.74) is 0. The van der Waals surface area contributed by atoms with Crippen molar-refractivity contribution in [2.45, 2.75) is 64.5 Å². The lowest BCUT2D eigenvalue weighted by atomic mass is 10.1. The van der Waals surface area contributed by atoms with Crippen LogP contribution in [0.3, 0.4) is 0 Å². The fourth-order valence-electron chi connectivity index (χ4n) is 1.43. The minimum absolute atomic E-state index is 0.805. The van der Waals surface area contributed by atoms with E-state index < -0.39 is 0 Å². The molecule has 0 fully saturated rings. The molecule has 0 rings (SSSR count). The molecule has 0 N–H and O–H groups in total. The van der Waals surface area contributed by atoms with Crippen LogP contribution < -0.4 is 0 Å². The van der Waals surface area contributed by atoms with E-state index in [0.29, 0.717) is 0 Å². The zero-order valence-electron chi connectivity index (χ0n) is 11.3. The van der Waals surface area contributed by atoms with E-state index >= 15 is 0 Å². The van der Waals surface area contributed by atoms with Gasteiger partial charge in [0.15, 0.2) is 0 Å². The third-order valence-corrected chi connectivity index (χ3v) is 4.76. The van der Waals surface area contributed by atoms with Crippen molar-refractivity contribution in [3.05, 3.63) is 6.42 Å². The van der Waals surface area contributed by atoms with Crippen molar-refractivity contribution < 1.29 is 0 Å². The van der Waals surface area contributed by atoms with Crippen molar-refractivity contribution in [2.24, 2.45) is 0 Å². The van der Waals surface area contributed by atoms with Crippen LogP contribution in [0, 0.1) is 6.42 Å². The summed E-state index contributed by atoms with van der Waals surface area (Å²) in [5.74, 6) is 4.04. The zero-order valence-corrected chi connectivity index (χ0v) is 13.0. The topological polar surface area (TPSA) is 0 Å². The van der Waals surface area contributed by atoms with Gasteiger partial charge in [0.1, 0.15) is 0 Å². The standard InChI is InChI=1S/C14H29S2/c1-4-11-15-12-9-7-5-6-8-10-13-16-14(2)3/h5,14H,4,6-13H2,1-3H3. The van der Waals surface area contributed by atoms with Gasteiger partial charge in [-0.3, -0.25) is 0 Å². The summed E-state index contributed by atoms with van der Waals surface area (Å²) in [4.78, 5) is 0. The van der Waals surface area contributed by atoms with E-state index in [1.807, 2.05) is 0 Å². The third kappa shape index (κ3) is 14.7. The van der Waals surface area contributed by atoms with Gasteiger partial charge in [0, 0.05) is 0 Å². The zero-order chi connectivity index (χ0) is 12.1. The van der Waals surface area contributed by atoms with Crippen LogP contribution in [0.15, 0.2) is 0 Å². The van der Waals surface area contributed by atoms with Gasteiger partial charge in [-0.2, -0.15) is 23.5 Å². The maximum absolute atomic E-state index is 2.49. The fourth-order valence-corrected chi connectivity index (χ4v) is 3.14. The Hall–Kier alpha value is 0.700. The molecule has 97 valence electrons. The average Bonchev–Trinajstić information content (AvgIpc) is 2.25. The van der Waals surface area contributed by atoms with Crippen LogP contribution in [0.25, 0.3) is 0 Å². The number of hydrogen-bond donors (Lipinski definition) is 0. The van der Waals surface area contributed by atoms with Crippen LogP contribution in [0.5, 0.6) is 0 Å². The highest BCUT2D eigenvalue weighted by atomic mass is 32.2. The van der Waals surface area contributed by atoms with Gasteiger partial charge in [-0.15, -0.1) is 0 Å². The van der Waals surface area contributed by atoms with Gasteiger partial charge in [-0.1, -0.05) is 33.6 Å². The van der Waals surface area contributed by atoms with Crippen molar-refractivity contribution in [1.29, 1.82) is 0 Å². The fraction of sp³-hybridized carbons (Fsp3) is 0.929. The number of thioether (sulfide) groups is 2. The Morgan fingerprint density at radius 1 is 0.938 bits per heavy atom. The quantitative estimate of drug-likeness (QED) is 0.430. The first-order valence-electron chi connectivity index (χ1n) is 6.78. The minimum atomic E-state index is 0.805. The third-order valence-electron chi connectivity index (χ3n) is 2.30. The second kappa shape index (κ2) is 13.8. The van der Waals surface area contributed by atoms with Gasteiger partial charge in [0.05, 0.1) is 0 Å². The van der Waals surface area contributed by atoms with Crippen molar-refractivity contribution in [2.75, 3.05) is 17.3 Å². The molecule has 0 aromatic rings. The molecule has 2 heteroatoms. The minimum Gasteiger partial charge on any atom is -0.162 e. The molecular formula is C14H29S2.